The van der Waals surface area contributed by atoms with Gasteiger partial charge in [0.05, 0.1) is 12.6 Å². The van der Waals surface area contributed by atoms with Gasteiger partial charge in [0.25, 0.3) is 0 Å². The number of benzene rings is 3. The molecule has 0 saturated carbocycles. The third kappa shape index (κ3) is 5.01. The Morgan fingerprint density at radius 2 is 1.79 bits per heavy atom. The molecule has 1 heterocycles. The molecule has 0 spiro atoms. The summed E-state index contributed by atoms with van der Waals surface area (Å²) in [4.78, 5) is 12.3. The molecule has 0 radical (unpaired) electrons. The van der Waals surface area contributed by atoms with Crippen LogP contribution in [0.15, 0.2) is 69.3 Å². The molecule has 33 heavy (non-hydrogen) atoms. The van der Waals surface area contributed by atoms with Crippen molar-refractivity contribution in [1.29, 1.82) is 0 Å². The first-order valence-corrected chi connectivity index (χ1v) is 11.3. The van der Waals surface area contributed by atoms with E-state index in [0.717, 1.165) is 20.8 Å². The van der Waals surface area contributed by atoms with Crippen molar-refractivity contribution in [3.8, 4) is 17.4 Å². The van der Waals surface area contributed by atoms with Crippen molar-refractivity contribution in [3.63, 3.8) is 0 Å². The highest BCUT2D eigenvalue weighted by Crippen LogP contribution is 2.41. The first-order valence-electron chi connectivity index (χ1n) is 10.5. The number of halogens is 1. The molecule has 0 aliphatic carbocycles. The van der Waals surface area contributed by atoms with Crippen molar-refractivity contribution in [2.75, 3.05) is 13.7 Å². The zero-order chi connectivity index (χ0) is 23.5. The molecule has 1 aromatic heterocycles. The van der Waals surface area contributed by atoms with Crippen LogP contribution in [-0.2, 0) is 11.3 Å². The van der Waals surface area contributed by atoms with E-state index in [1.54, 1.807) is 23.8 Å². The second-order valence-electron chi connectivity index (χ2n) is 8.10. The number of azo groups is 1. The molecule has 1 amide bonds. The lowest BCUT2D eigenvalue weighted by Gasteiger charge is -2.09. The second-order valence-corrected chi connectivity index (χ2v) is 9.01. The Morgan fingerprint density at radius 3 is 2.55 bits per heavy atom. The van der Waals surface area contributed by atoms with Gasteiger partial charge in [-0.25, -0.2) is 0 Å². The summed E-state index contributed by atoms with van der Waals surface area (Å²) in [5, 5.41) is 21.4. The van der Waals surface area contributed by atoms with Crippen LogP contribution >= 0.6 is 15.9 Å². The van der Waals surface area contributed by atoms with Crippen LogP contribution < -0.4 is 9.47 Å². The summed E-state index contributed by atoms with van der Waals surface area (Å²) in [5.41, 5.74) is 1.02. The summed E-state index contributed by atoms with van der Waals surface area (Å²) in [7, 11) is 1.57. The van der Waals surface area contributed by atoms with Crippen molar-refractivity contribution >= 4 is 49.2 Å². The Balaban J connectivity index is 1.54. The molecule has 0 atom stereocenters. The fraction of sp³-hybridized carbons (Fsp3) is 0.240. The molecule has 4 rings (SSSR count). The standard InChI is InChI=1S/C25H24BrN3O4/c1-15(2)13-29-22-9-8-19(32-3)12-21(22)24(25(29)31)28-27-23(30)14-33-20-7-5-16-10-18(26)6-4-17(16)11-20/h4-12,15,31H,13-14H2,1-3H3. The topological polar surface area (TPSA) is 85.4 Å². The number of aromatic hydroxyl groups is 1. The van der Waals surface area contributed by atoms with E-state index in [0.29, 0.717) is 29.3 Å². The molecule has 170 valence electrons. The normalized spacial score (nSPS) is 11.7. The van der Waals surface area contributed by atoms with E-state index >= 15 is 0 Å². The van der Waals surface area contributed by atoms with Gasteiger partial charge in [-0.1, -0.05) is 41.9 Å². The van der Waals surface area contributed by atoms with Gasteiger partial charge in [-0.05, 0) is 59.2 Å². The predicted molar refractivity (Wildman–Crippen MR) is 132 cm³/mol. The van der Waals surface area contributed by atoms with E-state index in [9.17, 15) is 9.90 Å². The Morgan fingerprint density at radius 1 is 1.06 bits per heavy atom. The highest BCUT2D eigenvalue weighted by Gasteiger charge is 2.18. The lowest BCUT2D eigenvalue weighted by Crippen LogP contribution is -2.07. The van der Waals surface area contributed by atoms with Crippen LogP contribution in [0.4, 0.5) is 5.69 Å². The molecule has 0 unspecified atom stereocenters. The number of amides is 1. The number of hydrogen-bond acceptors (Lipinski definition) is 5. The summed E-state index contributed by atoms with van der Waals surface area (Å²) >= 11 is 3.45. The van der Waals surface area contributed by atoms with Gasteiger partial charge in [-0.15, -0.1) is 10.2 Å². The highest BCUT2D eigenvalue weighted by molar-refractivity contribution is 9.10. The lowest BCUT2D eigenvalue weighted by atomic mass is 10.1. The molecule has 3 aromatic carbocycles. The van der Waals surface area contributed by atoms with Gasteiger partial charge in [0.15, 0.2) is 12.3 Å². The van der Waals surface area contributed by atoms with Gasteiger partial charge in [-0.3, -0.25) is 4.79 Å². The van der Waals surface area contributed by atoms with Gasteiger partial charge in [0.2, 0.25) is 5.88 Å². The number of carbonyl (C=O) groups is 1. The summed E-state index contributed by atoms with van der Waals surface area (Å²) in [6.07, 6.45) is 0. The van der Waals surface area contributed by atoms with E-state index in [4.69, 9.17) is 9.47 Å². The molecule has 4 aromatic rings. The van der Waals surface area contributed by atoms with Crippen molar-refractivity contribution in [2.45, 2.75) is 20.4 Å². The Labute approximate surface area is 199 Å². The van der Waals surface area contributed by atoms with Crippen LogP contribution in [0, 0.1) is 5.92 Å². The quantitative estimate of drug-likeness (QED) is 0.283. The Hall–Kier alpha value is -3.39. The van der Waals surface area contributed by atoms with Crippen LogP contribution in [0.2, 0.25) is 0 Å². The van der Waals surface area contributed by atoms with E-state index in [2.05, 4.69) is 40.0 Å². The maximum Gasteiger partial charge on any atom is 0.302 e. The summed E-state index contributed by atoms with van der Waals surface area (Å²) in [6.45, 7) is 4.45. The average Bonchev–Trinajstić information content (AvgIpc) is 3.05. The molecule has 0 aliphatic heterocycles. The van der Waals surface area contributed by atoms with Gasteiger partial charge in [0.1, 0.15) is 11.5 Å². The number of methoxy groups -OCH3 is 1. The molecule has 0 saturated heterocycles. The Bertz CT molecular complexity index is 1360. The maximum absolute atomic E-state index is 12.3. The minimum absolute atomic E-state index is 0.0369. The number of ether oxygens (including phenoxy) is 2. The van der Waals surface area contributed by atoms with E-state index in [-0.39, 0.29) is 18.2 Å². The van der Waals surface area contributed by atoms with Crippen LogP contribution in [0.1, 0.15) is 13.8 Å². The smallest absolute Gasteiger partial charge is 0.302 e. The number of fused-ring (bicyclic) bond motifs is 2. The van der Waals surface area contributed by atoms with Crippen molar-refractivity contribution in [1.82, 2.24) is 4.57 Å². The number of hydrogen-bond donors (Lipinski definition) is 1. The number of carbonyl (C=O) groups excluding carboxylic acids is 1. The monoisotopic (exact) mass is 509 g/mol. The zero-order valence-corrected chi connectivity index (χ0v) is 20.2. The van der Waals surface area contributed by atoms with Crippen molar-refractivity contribution < 1.29 is 19.4 Å². The fourth-order valence-corrected chi connectivity index (χ4v) is 4.02. The third-order valence-corrected chi connectivity index (χ3v) is 5.66. The number of aromatic nitrogens is 1. The molecule has 0 fully saturated rings. The summed E-state index contributed by atoms with van der Waals surface area (Å²) < 4.78 is 13.7. The van der Waals surface area contributed by atoms with E-state index in [1.807, 2.05) is 42.5 Å². The van der Waals surface area contributed by atoms with Gasteiger partial charge < -0.3 is 19.1 Å². The van der Waals surface area contributed by atoms with Crippen LogP contribution in [0.3, 0.4) is 0 Å². The van der Waals surface area contributed by atoms with Crippen molar-refractivity contribution in [3.05, 3.63) is 59.1 Å². The molecule has 0 aliphatic rings. The highest BCUT2D eigenvalue weighted by atomic mass is 79.9. The van der Waals surface area contributed by atoms with Crippen molar-refractivity contribution in [2.24, 2.45) is 16.1 Å². The molecular weight excluding hydrogens is 486 g/mol. The first kappa shape index (κ1) is 22.8. The minimum Gasteiger partial charge on any atom is -0.497 e. The molecule has 0 bridgehead atoms. The molecule has 8 heteroatoms. The van der Waals surface area contributed by atoms with Crippen LogP contribution in [-0.4, -0.2) is 29.3 Å². The van der Waals surface area contributed by atoms with E-state index in [1.165, 1.54) is 0 Å². The number of rotatable bonds is 7. The number of nitrogens with zero attached hydrogens (tertiary/aromatic N) is 3. The first-order chi connectivity index (χ1) is 15.9. The van der Waals surface area contributed by atoms with Gasteiger partial charge in [0, 0.05) is 16.4 Å². The summed E-state index contributed by atoms with van der Waals surface area (Å²) in [6, 6.07) is 17.0. The maximum atomic E-state index is 12.3. The summed E-state index contributed by atoms with van der Waals surface area (Å²) in [5.74, 6) is 0.896. The van der Waals surface area contributed by atoms with Crippen LogP contribution in [0.5, 0.6) is 17.4 Å². The fourth-order valence-electron chi connectivity index (χ4n) is 3.64. The second kappa shape index (κ2) is 9.62. The molecule has 1 N–H and O–H groups in total. The minimum atomic E-state index is -0.557. The SMILES string of the molecule is COc1ccc2c(c1)c(N=NC(=O)COc1ccc3cc(Br)ccc3c1)c(O)n2CC(C)C. The average molecular weight is 510 g/mol. The van der Waals surface area contributed by atoms with Gasteiger partial charge in [-0.2, -0.15) is 0 Å². The third-order valence-electron chi connectivity index (χ3n) is 5.16. The molecular formula is C25H24BrN3O4. The lowest BCUT2D eigenvalue weighted by molar-refractivity contribution is -0.120. The largest absolute Gasteiger partial charge is 0.497 e. The van der Waals surface area contributed by atoms with E-state index < -0.39 is 5.91 Å². The molecule has 7 nitrogen and oxygen atoms in total. The Kier molecular flexibility index (Phi) is 6.65. The van der Waals surface area contributed by atoms with Crippen LogP contribution in [0.25, 0.3) is 21.7 Å². The predicted octanol–water partition coefficient (Wildman–Crippen LogP) is 6.62. The van der Waals surface area contributed by atoms with Gasteiger partial charge >= 0.3 is 5.91 Å². The zero-order valence-electron chi connectivity index (χ0n) is 18.6.